The maximum atomic E-state index is 13.1. The van der Waals surface area contributed by atoms with E-state index in [9.17, 15) is 4.39 Å². The number of hydrogen-bond acceptors (Lipinski definition) is 4. The number of hydrogen-bond donors (Lipinski definition) is 0. The Hall–Kier alpha value is -5.25. The van der Waals surface area contributed by atoms with E-state index in [2.05, 4.69) is 195 Å². The normalized spacial score (nSPS) is 10.8. The number of rotatable bonds is 7. The molecule has 2 aromatic heterocycles. The Kier molecular flexibility index (Phi) is 25.2. The second kappa shape index (κ2) is 29.6. The first-order valence-corrected chi connectivity index (χ1v) is 28.1. The number of halogens is 2. The van der Waals surface area contributed by atoms with Gasteiger partial charge in [0.25, 0.3) is 0 Å². The van der Waals surface area contributed by atoms with Crippen LogP contribution in [0.1, 0.15) is 196 Å². The Morgan fingerprint density at radius 1 is 0.438 bits per heavy atom. The number of thiophene rings is 2. The molecule has 390 valence electrons. The van der Waals surface area contributed by atoms with Gasteiger partial charge in [0, 0.05) is 14.4 Å². The van der Waals surface area contributed by atoms with Crippen molar-refractivity contribution < 1.29 is 9.13 Å². The van der Waals surface area contributed by atoms with Gasteiger partial charge in [-0.2, -0.15) is 5.26 Å². The third-order valence-corrected chi connectivity index (χ3v) is 15.0. The lowest BCUT2D eigenvalue weighted by molar-refractivity contribution is 0.408. The fourth-order valence-corrected chi connectivity index (χ4v) is 10.9. The summed E-state index contributed by atoms with van der Waals surface area (Å²) >= 11 is 9.43. The molecule has 0 atom stereocenters. The Balaban J connectivity index is 0.000000232. The summed E-state index contributed by atoms with van der Waals surface area (Å²) in [6.45, 7) is 40.7. The summed E-state index contributed by atoms with van der Waals surface area (Å²) in [5, 5.41) is 16.4. The summed E-state index contributed by atoms with van der Waals surface area (Å²) in [5.41, 5.74) is 17.4. The molecule has 0 unspecified atom stereocenters. The molecule has 73 heavy (non-hydrogen) atoms. The predicted molar refractivity (Wildman–Crippen MR) is 323 cm³/mol. The van der Waals surface area contributed by atoms with E-state index in [4.69, 9.17) is 21.6 Å². The molecule has 0 aliphatic heterocycles. The molecule has 2 nitrogen and oxygen atoms in total. The van der Waals surface area contributed by atoms with Gasteiger partial charge < -0.3 is 4.74 Å². The number of methoxy groups -OCH3 is 1. The standard InChI is InChI=1S/C12H14OS.C12H14S.C11H15F.C11H13N.C11H16.C10H13Cl/c1-8(2)10-7-12-9(4-5-14-12)6-11(10)13-3;1-8(2)11-7-10-4-5-13-12(10)6-9(11)3;1-7(2)10-6-11(12)9(4)5-8(10)3;1-8(2)11-5-4-10(7-12)6-9(11)3;1-8(2)11-6-5-9(3)7-10(11)4;1-7(2)10-5-4-9(11)6-8(10)3/h4-8H,1-3H3;4-8H,1-3H3;5-7H,1-4H3;4-6,8H,1-3H3;5-8H,1-4H3;4-7H,1-3H3. The van der Waals surface area contributed by atoms with E-state index in [1.807, 2.05) is 54.7 Å². The highest BCUT2D eigenvalue weighted by Crippen LogP contribution is 2.34. The molecule has 0 amide bonds. The minimum absolute atomic E-state index is 0.0932. The van der Waals surface area contributed by atoms with Gasteiger partial charge >= 0.3 is 0 Å². The average Bonchev–Trinajstić information content (AvgIpc) is 3.99. The van der Waals surface area contributed by atoms with Crippen molar-refractivity contribution in [3.05, 3.63) is 203 Å². The molecular weight excluding hydrogens is 953 g/mol. The van der Waals surface area contributed by atoms with Crippen molar-refractivity contribution in [1.82, 2.24) is 0 Å². The van der Waals surface area contributed by atoms with Gasteiger partial charge in [-0.15, -0.1) is 22.7 Å². The first kappa shape index (κ1) is 62.0. The van der Waals surface area contributed by atoms with E-state index >= 15 is 0 Å². The van der Waals surface area contributed by atoms with Crippen LogP contribution in [-0.4, -0.2) is 7.11 Å². The number of aryl methyl sites for hydroxylation is 7. The maximum absolute atomic E-state index is 13.1. The van der Waals surface area contributed by atoms with Crippen LogP contribution in [-0.2, 0) is 0 Å². The van der Waals surface area contributed by atoms with Crippen LogP contribution < -0.4 is 4.74 Å². The molecule has 0 spiro atoms. The second-order valence-corrected chi connectivity index (χ2v) is 23.5. The lowest BCUT2D eigenvalue weighted by atomic mass is 9.96. The van der Waals surface area contributed by atoms with Crippen molar-refractivity contribution in [2.45, 2.75) is 167 Å². The summed E-state index contributed by atoms with van der Waals surface area (Å²) in [6, 6.07) is 37.6. The summed E-state index contributed by atoms with van der Waals surface area (Å²) in [5.74, 6) is 4.23. The van der Waals surface area contributed by atoms with Crippen molar-refractivity contribution in [2.75, 3.05) is 7.11 Å². The Labute approximate surface area is 454 Å². The van der Waals surface area contributed by atoms with E-state index in [0.717, 1.165) is 27.5 Å². The Bertz CT molecular complexity index is 2980. The lowest BCUT2D eigenvalue weighted by Crippen LogP contribution is -1.95. The molecule has 2 heterocycles. The van der Waals surface area contributed by atoms with E-state index in [1.165, 1.54) is 81.4 Å². The second-order valence-electron chi connectivity index (χ2n) is 21.2. The summed E-state index contributed by atoms with van der Waals surface area (Å²) in [6.07, 6.45) is 0. The number of nitrogens with zero attached hydrogens (tertiary/aromatic N) is 1. The SMILES string of the molecule is COc1cc2ccsc2cc1C(C)C.Cc1cc(C#N)ccc1C(C)C.Cc1cc(C)c(C(C)C)cc1F.Cc1cc(Cl)ccc1C(C)C.Cc1cc2sccc2cc1C(C)C.Cc1ccc(C(C)C)c(C)c1. The Morgan fingerprint density at radius 2 is 0.863 bits per heavy atom. The minimum Gasteiger partial charge on any atom is -0.496 e. The number of benzene rings is 6. The van der Waals surface area contributed by atoms with E-state index < -0.39 is 0 Å². The topological polar surface area (TPSA) is 33.0 Å². The third kappa shape index (κ3) is 18.9. The molecule has 0 radical (unpaired) electrons. The first-order valence-electron chi connectivity index (χ1n) is 25.9. The number of fused-ring (bicyclic) bond motifs is 2. The highest BCUT2D eigenvalue weighted by molar-refractivity contribution is 7.17. The summed E-state index contributed by atoms with van der Waals surface area (Å²) in [7, 11) is 1.74. The molecule has 6 aromatic carbocycles. The molecule has 0 aliphatic rings. The van der Waals surface area contributed by atoms with Gasteiger partial charge in [0.2, 0.25) is 0 Å². The monoisotopic (exact) mass is 1040 g/mol. The van der Waals surface area contributed by atoms with Gasteiger partial charge in [0.15, 0.2) is 0 Å². The van der Waals surface area contributed by atoms with Crippen LogP contribution in [0.4, 0.5) is 4.39 Å². The maximum Gasteiger partial charge on any atom is 0.126 e. The molecule has 8 rings (SSSR count). The summed E-state index contributed by atoms with van der Waals surface area (Å²) in [4.78, 5) is 0. The van der Waals surface area contributed by atoms with Crippen LogP contribution in [0, 0.1) is 65.6 Å². The molecule has 0 aliphatic carbocycles. The predicted octanol–water partition coefficient (Wildman–Crippen LogP) is 22.1. The Morgan fingerprint density at radius 3 is 1.33 bits per heavy atom. The van der Waals surface area contributed by atoms with Crippen LogP contribution in [0.15, 0.2) is 114 Å². The van der Waals surface area contributed by atoms with Gasteiger partial charge in [0.05, 0.1) is 18.7 Å². The van der Waals surface area contributed by atoms with Crippen LogP contribution >= 0.6 is 34.3 Å². The zero-order valence-electron chi connectivity index (χ0n) is 47.9. The van der Waals surface area contributed by atoms with Gasteiger partial charge in [-0.05, 0) is 239 Å². The highest BCUT2D eigenvalue weighted by atomic mass is 35.5. The van der Waals surface area contributed by atoms with Crippen molar-refractivity contribution in [1.29, 1.82) is 5.26 Å². The molecule has 0 N–H and O–H groups in total. The van der Waals surface area contributed by atoms with E-state index in [-0.39, 0.29) is 5.82 Å². The van der Waals surface area contributed by atoms with Crippen LogP contribution in [0.3, 0.4) is 0 Å². The van der Waals surface area contributed by atoms with Crippen LogP contribution in [0.25, 0.3) is 20.2 Å². The van der Waals surface area contributed by atoms with Gasteiger partial charge in [-0.1, -0.05) is 137 Å². The lowest BCUT2D eigenvalue weighted by Gasteiger charge is -2.11. The molecule has 0 fully saturated rings. The van der Waals surface area contributed by atoms with Gasteiger partial charge in [-0.25, -0.2) is 4.39 Å². The van der Waals surface area contributed by atoms with Crippen molar-refractivity contribution >= 4 is 54.4 Å². The third-order valence-electron chi connectivity index (χ3n) is 13.0. The zero-order valence-corrected chi connectivity index (χ0v) is 50.3. The quantitative estimate of drug-likeness (QED) is 0.159. The van der Waals surface area contributed by atoms with E-state index in [1.54, 1.807) is 31.4 Å². The van der Waals surface area contributed by atoms with Gasteiger partial charge in [0.1, 0.15) is 11.6 Å². The largest absolute Gasteiger partial charge is 0.496 e. The number of ether oxygens (including phenoxy) is 1. The molecule has 6 heteroatoms. The average molecular weight is 1040 g/mol. The molecular formula is C67H85ClFNOS2. The summed E-state index contributed by atoms with van der Waals surface area (Å²) < 4.78 is 21.3. The fraction of sp³-hybridized carbons (Fsp3) is 0.388. The highest BCUT2D eigenvalue weighted by Gasteiger charge is 2.11. The van der Waals surface area contributed by atoms with Crippen LogP contribution in [0.5, 0.6) is 5.75 Å². The molecule has 0 saturated carbocycles. The minimum atomic E-state index is -0.0932. The van der Waals surface area contributed by atoms with Gasteiger partial charge in [-0.3, -0.25) is 0 Å². The smallest absolute Gasteiger partial charge is 0.126 e. The molecule has 0 saturated heterocycles. The van der Waals surface area contributed by atoms with Crippen molar-refractivity contribution in [3.63, 3.8) is 0 Å². The van der Waals surface area contributed by atoms with E-state index in [0.29, 0.717) is 35.5 Å². The zero-order chi connectivity index (χ0) is 54.9. The first-order chi connectivity index (χ1) is 34.3. The fourth-order valence-electron chi connectivity index (χ4n) is 9.00. The van der Waals surface area contributed by atoms with Crippen molar-refractivity contribution in [2.24, 2.45) is 0 Å². The van der Waals surface area contributed by atoms with Crippen LogP contribution in [0.2, 0.25) is 5.02 Å². The molecule has 8 aromatic rings. The molecule has 0 bridgehead atoms. The van der Waals surface area contributed by atoms with Crippen molar-refractivity contribution in [3.8, 4) is 11.8 Å². The number of nitriles is 1.